The fourth-order valence-electron chi connectivity index (χ4n) is 2.72. The summed E-state index contributed by atoms with van der Waals surface area (Å²) in [6.07, 6.45) is 1.45. The quantitative estimate of drug-likeness (QED) is 0.672. The Balaban J connectivity index is 1.90. The molecular formula is C19H21ClN4O2S. The Labute approximate surface area is 164 Å². The van der Waals surface area contributed by atoms with Gasteiger partial charge >= 0.3 is 0 Å². The molecule has 1 aromatic heterocycles. The van der Waals surface area contributed by atoms with E-state index in [2.05, 4.69) is 20.0 Å². The number of fused-ring (bicyclic) bond motifs is 1. The fourth-order valence-corrected chi connectivity index (χ4v) is 4.55. The van der Waals surface area contributed by atoms with Crippen LogP contribution in [-0.4, -0.2) is 23.9 Å². The molecule has 3 rings (SSSR count). The Morgan fingerprint density at radius 1 is 1.07 bits per heavy atom. The zero-order valence-electron chi connectivity index (χ0n) is 15.3. The maximum Gasteiger partial charge on any atom is 0.241 e. The van der Waals surface area contributed by atoms with Crippen LogP contribution in [0, 0.1) is 0 Å². The predicted octanol–water partition coefficient (Wildman–Crippen LogP) is 3.97. The highest BCUT2D eigenvalue weighted by Crippen LogP contribution is 2.24. The van der Waals surface area contributed by atoms with Gasteiger partial charge in [-0.2, -0.15) is 0 Å². The largest absolute Gasteiger partial charge is 0.365 e. The van der Waals surface area contributed by atoms with E-state index in [4.69, 9.17) is 11.6 Å². The summed E-state index contributed by atoms with van der Waals surface area (Å²) >= 11 is 6.01. The lowest BCUT2D eigenvalue weighted by molar-refractivity contribution is 0.491. The lowest BCUT2D eigenvalue weighted by Gasteiger charge is -2.21. The third-order valence-corrected chi connectivity index (χ3v) is 5.84. The molecule has 0 spiro atoms. The number of benzene rings is 2. The van der Waals surface area contributed by atoms with Crippen molar-refractivity contribution >= 4 is 38.3 Å². The Bertz CT molecular complexity index is 1080. The van der Waals surface area contributed by atoms with Crippen molar-refractivity contribution in [3.05, 3.63) is 59.4 Å². The van der Waals surface area contributed by atoms with Gasteiger partial charge in [-0.1, -0.05) is 29.8 Å². The number of hydrogen-bond donors (Lipinski definition) is 2. The van der Waals surface area contributed by atoms with Crippen LogP contribution in [0.3, 0.4) is 0 Å². The highest BCUT2D eigenvalue weighted by molar-refractivity contribution is 7.89. The Morgan fingerprint density at radius 2 is 1.81 bits per heavy atom. The first-order valence-corrected chi connectivity index (χ1v) is 10.3. The second-order valence-electron chi connectivity index (χ2n) is 7.20. The molecule has 2 N–H and O–H groups in total. The number of halogens is 1. The maximum absolute atomic E-state index is 12.8. The van der Waals surface area contributed by atoms with Crippen molar-refractivity contribution in [1.29, 1.82) is 0 Å². The van der Waals surface area contributed by atoms with Gasteiger partial charge in [0.1, 0.15) is 12.1 Å². The summed E-state index contributed by atoms with van der Waals surface area (Å²) in [7, 11) is -3.64. The number of sulfonamides is 1. The average molecular weight is 405 g/mol. The highest BCUT2D eigenvalue weighted by Gasteiger charge is 2.24. The van der Waals surface area contributed by atoms with Gasteiger partial charge in [-0.15, -0.1) is 0 Å². The van der Waals surface area contributed by atoms with Crippen molar-refractivity contribution in [2.24, 2.45) is 0 Å². The second kappa shape index (κ2) is 7.42. The van der Waals surface area contributed by atoms with Crippen molar-refractivity contribution in [1.82, 2.24) is 14.7 Å². The summed E-state index contributed by atoms with van der Waals surface area (Å²) in [5, 5.41) is 4.62. The van der Waals surface area contributed by atoms with Crippen molar-refractivity contribution in [3.63, 3.8) is 0 Å². The minimum Gasteiger partial charge on any atom is -0.365 e. The SMILES string of the molecule is CC(C)(C)NS(=O)(=O)c1ccccc1CNc1ncnc2cc(Cl)ccc12. The van der Waals surface area contributed by atoms with E-state index in [9.17, 15) is 8.42 Å². The monoisotopic (exact) mass is 404 g/mol. The third kappa shape index (κ3) is 4.74. The van der Waals surface area contributed by atoms with Gasteiger partial charge in [0.15, 0.2) is 0 Å². The van der Waals surface area contributed by atoms with Gasteiger partial charge in [-0.25, -0.2) is 23.1 Å². The Kier molecular flexibility index (Phi) is 5.37. The molecule has 0 amide bonds. The summed E-state index contributed by atoms with van der Waals surface area (Å²) in [6, 6.07) is 12.3. The van der Waals surface area contributed by atoms with Gasteiger partial charge < -0.3 is 5.32 Å². The molecular weight excluding hydrogens is 384 g/mol. The first-order valence-electron chi connectivity index (χ1n) is 8.42. The van der Waals surface area contributed by atoms with Crippen LogP contribution >= 0.6 is 11.6 Å². The minimum atomic E-state index is -3.64. The topological polar surface area (TPSA) is 84.0 Å². The Morgan fingerprint density at radius 3 is 2.56 bits per heavy atom. The summed E-state index contributed by atoms with van der Waals surface area (Å²) in [6.45, 7) is 5.73. The van der Waals surface area contributed by atoms with Crippen LogP contribution in [0.15, 0.2) is 53.7 Å². The fraction of sp³-hybridized carbons (Fsp3) is 0.263. The molecule has 0 bridgehead atoms. The first-order chi connectivity index (χ1) is 12.7. The van der Waals surface area contributed by atoms with Crippen LogP contribution < -0.4 is 10.0 Å². The normalized spacial score (nSPS) is 12.3. The molecule has 0 saturated carbocycles. The highest BCUT2D eigenvalue weighted by atomic mass is 35.5. The van der Waals surface area contributed by atoms with E-state index in [1.54, 1.807) is 30.3 Å². The zero-order valence-corrected chi connectivity index (χ0v) is 16.9. The lowest BCUT2D eigenvalue weighted by Crippen LogP contribution is -2.40. The lowest BCUT2D eigenvalue weighted by atomic mass is 10.1. The summed E-state index contributed by atoms with van der Waals surface area (Å²) in [5.74, 6) is 0.618. The predicted molar refractivity (Wildman–Crippen MR) is 108 cm³/mol. The molecule has 27 heavy (non-hydrogen) atoms. The van der Waals surface area contributed by atoms with Crippen LogP contribution in [-0.2, 0) is 16.6 Å². The molecule has 0 unspecified atom stereocenters. The van der Waals surface area contributed by atoms with Gasteiger partial charge in [0.25, 0.3) is 0 Å². The van der Waals surface area contributed by atoms with E-state index >= 15 is 0 Å². The van der Waals surface area contributed by atoms with Crippen molar-refractivity contribution in [2.75, 3.05) is 5.32 Å². The van der Waals surface area contributed by atoms with E-state index in [-0.39, 0.29) is 4.90 Å². The van der Waals surface area contributed by atoms with E-state index in [1.165, 1.54) is 6.33 Å². The van der Waals surface area contributed by atoms with Gasteiger partial charge in [-0.05, 0) is 50.6 Å². The van der Waals surface area contributed by atoms with Gasteiger partial charge in [0.05, 0.1) is 10.4 Å². The molecule has 0 aliphatic heterocycles. The molecule has 1 heterocycles. The van der Waals surface area contributed by atoms with Crippen LogP contribution in [0.4, 0.5) is 5.82 Å². The zero-order chi connectivity index (χ0) is 19.7. The van der Waals surface area contributed by atoms with Gasteiger partial charge in [0, 0.05) is 22.5 Å². The molecule has 0 fully saturated rings. The van der Waals surface area contributed by atoms with Crippen LogP contribution in [0.5, 0.6) is 0 Å². The number of anilines is 1. The number of rotatable bonds is 5. The van der Waals surface area contributed by atoms with E-state index in [0.717, 1.165) is 10.9 Å². The second-order valence-corrected chi connectivity index (χ2v) is 9.29. The number of hydrogen-bond acceptors (Lipinski definition) is 5. The Hall–Kier alpha value is -2.22. The molecule has 2 aromatic carbocycles. The minimum absolute atomic E-state index is 0.244. The van der Waals surface area contributed by atoms with E-state index in [0.29, 0.717) is 22.9 Å². The van der Waals surface area contributed by atoms with Crippen LogP contribution in [0.1, 0.15) is 26.3 Å². The van der Waals surface area contributed by atoms with E-state index in [1.807, 2.05) is 32.9 Å². The molecule has 0 radical (unpaired) electrons. The number of nitrogens with one attached hydrogen (secondary N) is 2. The molecule has 0 saturated heterocycles. The summed E-state index contributed by atoms with van der Waals surface area (Å²) in [4.78, 5) is 8.73. The molecule has 142 valence electrons. The van der Waals surface area contributed by atoms with Gasteiger partial charge in [-0.3, -0.25) is 0 Å². The number of nitrogens with zero attached hydrogens (tertiary/aromatic N) is 2. The van der Waals surface area contributed by atoms with Crippen LogP contribution in [0.2, 0.25) is 5.02 Å². The molecule has 0 aliphatic rings. The average Bonchev–Trinajstić information content (AvgIpc) is 2.57. The third-order valence-electron chi connectivity index (χ3n) is 3.75. The molecule has 0 atom stereocenters. The smallest absolute Gasteiger partial charge is 0.241 e. The maximum atomic E-state index is 12.8. The molecule has 0 aliphatic carbocycles. The van der Waals surface area contributed by atoms with Crippen molar-refractivity contribution in [3.8, 4) is 0 Å². The molecule has 3 aromatic rings. The molecule has 8 heteroatoms. The van der Waals surface area contributed by atoms with Crippen molar-refractivity contribution in [2.45, 2.75) is 37.8 Å². The van der Waals surface area contributed by atoms with E-state index < -0.39 is 15.6 Å². The van der Waals surface area contributed by atoms with Gasteiger partial charge in [0.2, 0.25) is 10.0 Å². The van der Waals surface area contributed by atoms with Crippen LogP contribution in [0.25, 0.3) is 10.9 Å². The number of aromatic nitrogens is 2. The summed E-state index contributed by atoms with van der Waals surface area (Å²) < 4.78 is 28.2. The first kappa shape index (κ1) is 19.5. The standard InChI is InChI=1S/C19H21ClN4O2S/c1-19(2,3)24-27(25,26)17-7-5-4-6-13(17)11-21-18-15-9-8-14(20)10-16(15)22-12-23-18/h4-10,12,24H,11H2,1-3H3,(H,21,22,23). The summed E-state index contributed by atoms with van der Waals surface area (Å²) in [5.41, 5.74) is 0.798. The molecule has 6 nitrogen and oxygen atoms in total. The van der Waals surface area contributed by atoms with Crippen molar-refractivity contribution < 1.29 is 8.42 Å².